The molecule has 2 aromatic carbocycles. The molecule has 2 heterocycles. The monoisotopic (exact) mass is 371 g/mol. The molecule has 2 aromatic heterocycles. The number of benzene rings is 2. The summed E-state index contributed by atoms with van der Waals surface area (Å²) in [5.74, 6) is 1.60. The van der Waals surface area contributed by atoms with Crippen LogP contribution in [0.25, 0.3) is 10.9 Å². The van der Waals surface area contributed by atoms with Crippen molar-refractivity contribution in [3.63, 3.8) is 0 Å². The van der Waals surface area contributed by atoms with Crippen LogP contribution in [0, 0.1) is 0 Å². The summed E-state index contributed by atoms with van der Waals surface area (Å²) in [4.78, 5) is 24.4. The van der Waals surface area contributed by atoms with Crippen molar-refractivity contribution >= 4 is 28.3 Å². The van der Waals surface area contributed by atoms with Gasteiger partial charge in [0.25, 0.3) is 5.91 Å². The Morgan fingerprint density at radius 1 is 0.929 bits per heavy atom. The molecule has 0 unspecified atom stereocenters. The van der Waals surface area contributed by atoms with E-state index in [1.165, 1.54) is 12.5 Å². The molecule has 4 aromatic rings. The van der Waals surface area contributed by atoms with E-state index in [2.05, 4.69) is 25.6 Å². The van der Waals surface area contributed by atoms with E-state index in [0.717, 1.165) is 16.6 Å². The minimum Gasteiger partial charge on any atom is -0.457 e. The van der Waals surface area contributed by atoms with Gasteiger partial charge in [-0.2, -0.15) is 0 Å². The van der Waals surface area contributed by atoms with Crippen molar-refractivity contribution < 1.29 is 9.53 Å². The Morgan fingerprint density at radius 2 is 1.79 bits per heavy atom. The van der Waals surface area contributed by atoms with Crippen molar-refractivity contribution in [2.45, 2.75) is 0 Å². The van der Waals surface area contributed by atoms with E-state index >= 15 is 0 Å². The maximum absolute atomic E-state index is 11.7. The van der Waals surface area contributed by atoms with E-state index < -0.39 is 0 Å². The summed E-state index contributed by atoms with van der Waals surface area (Å²) in [7, 11) is 1.56. The topological polar surface area (TPSA) is 89.0 Å². The first kappa shape index (κ1) is 17.4. The van der Waals surface area contributed by atoms with Crippen LogP contribution >= 0.6 is 0 Å². The van der Waals surface area contributed by atoms with Gasteiger partial charge < -0.3 is 15.4 Å². The molecular weight excluding hydrogens is 354 g/mol. The first-order valence-corrected chi connectivity index (χ1v) is 8.66. The first-order valence-electron chi connectivity index (χ1n) is 8.66. The summed E-state index contributed by atoms with van der Waals surface area (Å²) < 4.78 is 5.89. The molecule has 0 aliphatic heterocycles. The van der Waals surface area contributed by atoms with Gasteiger partial charge in [0.1, 0.15) is 29.3 Å². The van der Waals surface area contributed by atoms with Crippen LogP contribution < -0.4 is 15.4 Å². The smallest absolute Gasteiger partial charge is 0.269 e. The highest BCUT2D eigenvalue weighted by molar-refractivity contribution is 5.92. The van der Waals surface area contributed by atoms with E-state index in [1.807, 2.05) is 48.5 Å². The number of hydrogen-bond donors (Lipinski definition) is 2. The third kappa shape index (κ3) is 3.73. The second-order valence-electron chi connectivity index (χ2n) is 5.95. The van der Waals surface area contributed by atoms with Gasteiger partial charge in [0, 0.05) is 36.5 Å². The van der Waals surface area contributed by atoms with Crippen LogP contribution in [-0.4, -0.2) is 27.9 Å². The van der Waals surface area contributed by atoms with Crippen molar-refractivity contribution in [1.29, 1.82) is 0 Å². The predicted molar refractivity (Wildman–Crippen MR) is 107 cm³/mol. The largest absolute Gasteiger partial charge is 0.457 e. The molecule has 0 radical (unpaired) electrons. The van der Waals surface area contributed by atoms with Crippen LogP contribution in [0.2, 0.25) is 0 Å². The first-order chi connectivity index (χ1) is 13.7. The van der Waals surface area contributed by atoms with Gasteiger partial charge in [-0.15, -0.1) is 0 Å². The van der Waals surface area contributed by atoms with Gasteiger partial charge in [-0.05, 0) is 30.3 Å². The molecule has 0 saturated heterocycles. The number of amides is 1. The summed E-state index contributed by atoms with van der Waals surface area (Å²) in [6.45, 7) is 0. The van der Waals surface area contributed by atoms with Crippen LogP contribution in [0.5, 0.6) is 11.5 Å². The highest BCUT2D eigenvalue weighted by atomic mass is 16.5. The molecule has 0 spiro atoms. The molecule has 28 heavy (non-hydrogen) atoms. The molecule has 0 aliphatic carbocycles. The fourth-order valence-electron chi connectivity index (χ4n) is 2.74. The average Bonchev–Trinajstić information content (AvgIpc) is 2.74. The molecule has 1 amide bonds. The number of nitrogens with one attached hydrogen (secondary N) is 2. The Morgan fingerprint density at radius 3 is 2.68 bits per heavy atom. The van der Waals surface area contributed by atoms with Crippen molar-refractivity contribution in [2.24, 2.45) is 0 Å². The van der Waals surface area contributed by atoms with Crippen LogP contribution in [0.1, 0.15) is 10.5 Å². The summed E-state index contributed by atoms with van der Waals surface area (Å²) in [5, 5.41) is 6.78. The molecule has 2 N–H and O–H groups in total. The van der Waals surface area contributed by atoms with Gasteiger partial charge in [-0.3, -0.25) is 9.78 Å². The molecule has 0 bridgehead atoms. The van der Waals surface area contributed by atoms with Crippen LogP contribution in [0.3, 0.4) is 0 Å². The highest BCUT2D eigenvalue weighted by Gasteiger charge is 2.08. The fourth-order valence-corrected chi connectivity index (χ4v) is 2.74. The molecule has 7 heteroatoms. The molecule has 0 fully saturated rings. The lowest BCUT2D eigenvalue weighted by Gasteiger charge is -2.11. The van der Waals surface area contributed by atoms with Gasteiger partial charge in [0.15, 0.2) is 0 Å². The van der Waals surface area contributed by atoms with Crippen LogP contribution in [-0.2, 0) is 0 Å². The second-order valence-corrected chi connectivity index (χ2v) is 5.95. The number of aromatic nitrogens is 3. The Balaban J connectivity index is 1.57. The number of nitrogens with zero attached hydrogens (tertiary/aromatic N) is 3. The van der Waals surface area contributed by atoms with E-state index in [1.54, 1.807) is 19.2 Å². The fraction of sp³-hybridized carbons (Fsp3) is 0.0476. The lowest BCUT2D eigenvalue weighted by atomic mass is 10.2. The minimum absolute atomic E-state index is 0.267. The van der Waals surface area contributed by atoms with Gasteiger partial charge in [0.05, 0.1) is 5.52 Å². The minimum atomic E-state index is -0.267. The Hall–Kier alpha value is -4.00. The van der Waals surface area contributed by atoms with E-state index in [0.29, 0.717) is 23.0 Å². The molecule has 0 aliphatic rings. The number of carbonyl (C=O) groups excluding carboxylic acids is 1. The maximum atomic E-state index is 11.7. The number of pyridine rings is 1. The van der Waals surface area contributed by atoms with Gasteiger partial charge in [0.2, 0.25) is 0 Å². The number of fused-ring (bicyclic) bond motifs is 1. The highest BCUT2D eigenvalue weighted by Crippen LogP contribution is 2.27. The van der Waals surface area contributed by atoms with Crippen molar-refractivity contribution in [1.82, 2.24) is 20.3 Å². The number of rotatable bonds is 5. The number of para-hydroxylation sites is 1. The standard InChI is InChI=1S/C21H17N5O2/c1-22-21(27)19-12-16(9-10-23-19)28-15-6-4-5-14(11-15)26-20-17-7-2-3-8-18(17)24-13-25-20/h2-13H,1H3,(H,22,27)(H,24,25,26). The normalized spacial score (nSPS) is 10.5. The Bertz CT molecular complexity index is 1140. The summed E-state index contributed by atoms with van der Waals surface area (Å²) in [5.41, 5.74) is 1.98. The molecule has 7 nitrogen and oxygen atoms in total. The molecule has 0 saturated carbocycles. The molecular formula is C21H17N5O2. The number of hydrogen-bond acceptors (Lipinski definition) is 6. The van der Waals surface area contributed by atoms with Gasteiger partial charge in [-0.25, -0.2) is 9.97 Å². The zero-order valence-corrected chi connectivity index (χ0v) is 15.1. The Labute approximate surface area is 161 Å². The summed E-state index contributed by atoms with van der Waals surface area (Å²) >= 11 is 0. The van der Waals surface area contributed by atoms with Crippen LogP contribution in [0.15, 0.2) is 73.2 Å². The summed E-state index contributed by atoms with van der Waals surface area (Å²) in [6, 6.07) is 18.6. The molecule has 4 rings (SSSR count). The van der Waals surface area contributed by atoms with E-state index in [-0.39, 0.29) is 5.91 Å². The zero-order chi connectivity index (χ0) is 19.3. The van der Waals surface area contributed by atoms with E-state index in [4.69, 9.17) is 4.74 Å². The lowest BCUT2D eigenvalue weighted by Crippen LogP contribution is -2.18. The van der Waals surface area contributed by atoms with Gasteiger partial charge >= 0.3 is 0 Å². The zero-order valence-electron chi connectivity index (χ0n) is 15.1. The number of anilines is 2. The third-order valence-electron chi connectivity index (χ3n) is 4.07. The lowest BCUT2D eigenvalue weighted by molar-refractivity contribution is 0.0958. The summed E-state index contributed by atoms with van der Waals surface area (Å²) in [6.07, 6.45) is 3.07. The van der Waals surface area contributed by atoms with Gasteiger partial charge in [-0.1, -0.05) is 18.2 Å². The quantitative estimate of drug-likeness (QED) is 0.553. The average molecular weight is 371 g/mol. The van der Waals surface area contributed by atoms with Crippen molar-refractivity contribution in [2.75, 3.05) is 12.4 Å². The molecule has 138 valence electrons. The number of ether oxygens (including phenoxy) is 1. The molecule has 0 atom stereocenters. The second kappa shape index (κ2) is 7.71. The van der Waals surface area contributed by atoms with E-state index in [9.17, 15) is 4.79 Å². The van der Waals surface area contributed by atoms with Crippen LogP contribution in [0.4, 0.5) is 11.5 Å². The maximum Gasteiger partial charge on any atom is 0.269 e. The SMILES string of the molecule is CNC(=O)c1cc(Oc2cccc(Nc3ncnc4ccccc34)c2)ccn1. The van der Waals surface area contributed by atoms with Crippen molar-refractivity contribution in [3.8, 4) is 11.5 Å². The number of carbonyl (C=O) groups is 1. The predicted octanol–water partition coefficient (Wildman–Crippen LogP) is 3.92. The Kier molecular flexibility index (Phi) is 4.79. The van der Waals surface area contributed by atoms with Crippen molar-refractivity contribution in [3.05, 3.63) is 78.9 Å². The third-order valence-corrected chi connectivity index (χ3v) is 4.07.